The summed E-state index contributed by atoms with van der Waals surface area (Å²) >= 11 is 0. The molecule has 0 spiro atoms. The largest absolute Gasteiger partial charge is 0.349 e. The third kappa shape index (κ3) is 2.79. The number of rotatable bonds is 3. The van der Waals surface area contributed by atoms with E-state index in [0.717, 1.165) is 19.3 Å². The highest BCUT2D eigenvalue weighted by Crippen LogP contribution is 2.29. The number of fused-ring (bicyclic) bond motifs is 2. The number of aryl methyl sites for hydroxylation is 1. The van der Waals surface area contributed by atoms with E-state index in [1.54, 1.807) is 23.0 Å². The van der Waals surface area contributed by atoms with Gasteiger partial charge in [0.05, 0.1) is 12.5 Å². The molecule has 1 aromatic carbocycles. The Bertz CT molecular complexity index is 824. The van der Waals surface area contributed by atoms with E-state index in [0.29, 0.717) is 11.6 Å². The topological polar surface area (TPSA) is 72.2 Å². The molecule has 0 bridgehead atoms. The smallest absolute Gasteiger partial charge is 0.252 e. The maximum absolute atomic E-state index is 12.3. The summed E-state index contributed by atoms with van der Waals surface area (Å²) in [6.07, 6.45) is 6.76. The number of carbonyl (C=O) groups is 1. The molecule has 6 heteroatoms. The molecule has 2 aromatic heterocycles. The van der Waals surface area contributed by atoms with Gasteiger partial charge in [-0.25, -0.2) is 9.50 Å². The summed E-state index contributed by atoms with van der Waals surface area (Å²) in [5, 5.41) is 7.39. The monoisotopic (exact) mass is 307 g/mol. The molecule has 1 atom stereocenters. The average molecular weight is 307 g/mol. The van der Waals surface area contributed by atoms with E-state index in [-0.39, 0.29) is 18.4 Å². The average Bonchev–Trinajstić information content (AvgIpc) is 2.97. The fourth-order valence-electron chi connectivity index (χ4n) is 3.14. The number of benzene rings is 1. The highest BCUT2D eigenvalue weighted by molar-refractivity contribution is 5.78. The standard InChI is InChI=1S/C17H17N5O/c23-16(11-15-20-17-18-9-4-10-22(17)21-15)19-14-8-3-6-12-5-1-2-7-13(12)14/h1-2,4-5,7,9-10,14H,3,6,8,11H2,(H,19,23)/t14-/m1/s1. The van der Waals surface area contributed by atoms with Gasteiger partial charge in [0.2, 0.25) is 5.91 Å². The Morgan fingerprint density at radius 1 is 1.30 bits per heavy atom. The van der Waals surface area contributed by atoms with Gasteiger partial charge < -0.3 is 5.32 Å². The van der Waals surface area contributed by atoms with Crippen LogP contribution >= 0.6 is 0 Å². The van der Waals surface area contributed by atoms with Gasteiger partial charge in [-0.05, 0) is 36.5 Å². The van der Waals surface area contributed by atoms with Crippen LogP contribution in [0.15, 0.2) is 42.7 Å². The first-order valence-electron chi connectivity index (χ1n) is 7.83. The lowest BCUT2D eigenvalue weighted by molar-refractivity contribution is -0.121. The number of aromatic nitrogens is 4. The Kier molecular flexibility index (Phi) is 3.49. The molecule has 6 nitrogen and oxygen atoms in total. The molecular weight excluding hydrogens is 290 g/mol. The summed E-state index contributed by atoms with van der Waals surface area (Å²) in [5.41, 5.74) is 2.57. The lowest BCUT2D eigenvalue weighted by Gasteiger charge is -2.26. The van der Waals surface area contributed by atoms with Gasteiger partial charge in [0.25, 0.3) is 5.78 Å². The van der Waals surface area contributed by atoms with Crippen molar-refractivity contribution in [3.63, 3.8) is 0 Å². The molecule has 3 aromatic rings. The van der Waals surface area contributed by atoms with E-state index in [9.17, 15) is 4.79 Å². The first-order chi connectivity index (χ1) is 11.3. The predicted molar refractivity (Wildman–Crippen MR) is 84.7 cm³/mol. The SMILES string of the molecule is O=C(Cc1nc2ncccn2n1)N[C@@H]1CCCc2ccccc21. The molecular formula is C17H17N5O. The van der Waals surface area contributed by atoms with Gasteiger partial charge in [0.1, 0.15) is 0 Å². The van der Waals surface area contributed by atoms with Crippen LogP contribution in [0.1, 0.15) is 35.8 Å². The Balaban J connectivity index is 1.48. The maximum Gasteiger partial charge on any atom is 0.252 e. The number of hydrogen-bond acceptors (Lipinski definition) is 4. The molecule has 116 valence electrons. The summed E-state index contributed by atoms with van der Waals surface area (Å²) in [4.78, 5) is 20.7. The van der Waals surface area contributed by atoms with Crippen LogP contribution in [0.5, 0.6) is 0 Å². The fourth-order valence-corrected chi connectivity index (χ4v) is 3.14. The molecule has 23 heavy (non-hydrogen) atoms. The van der Waals surface area contributed by atoms with E-state index in [1.165, 1.54) is 11.1 Å². The first-order valence-corrected chi connectivity index (χ1v) is 7.83. The summed E-state index contributed by atoms with van der Waals surface area (Å²) in [6, 6.07) is 10.2. The maximum atomic E-state index is 12.3. The van der Waals surface area contributed by atoms with Crippen molar-refractivity contribution < 1.29 is 4.79 Å². The van der Waals surface area contributed by atoms with Gasteiger partial charge in [-0.3, -0.25) is 4.79 Å². The van der Waals surface area contributed by atoms with Crippen LogP contribution in [0, 0.1) is 0 Å². The minimum Gasteiger partial charge on any atom is -0.349 e. The first kappa shape index (κ1) is 13.9. The third-order valence-corrected chi connectivity index (χ3v) is 4.18. The van der Waals surface area contributed by atoms with Crippen LogP contribution in [0.25, 0.3) is 5.78 Å². The second-order valence-electron chi connectivity index (χ2n) is 5.78. The van der Waals surface area contributed by atoms with E-state index in [1.807, 2.05) is 6.07 Å². The van der Waals surface area contributed by atoms with Crippen molar-refractivity contribution in [2.75, 3.05) is 0 Å². The van der Waals surface area contributed by atoms with Crippen LogP contribution < -0.4 is 5.32 Å². The molecule has 0 aliphatic heterocycles. The van der Waals surface area contributed by atoms with Crippen LogP contribution in [0.2, 0.25) is 0 Å². The molecule has 1 N–H and O–H groups in total. The van der Waals surface area contributed by atoms with Crippen molar-refractivity contribution in [1.29, 1.82) is 0 Å². The van der Waals surface area contributed by atoms with Gasteiger partial charge in [0, 0.05) is 12.4 Å². The minimum absolute atomic E-state index is 0.0531. The predicted octanol–water partition coefficient (Wildman–Crippen LogP) is 1.86. The summed E-state index contributed by atoms with van der Waals surface area (Å²) < 4.78 is 1.58. The lowest BCUT2D eigenvalue weighted by Crippen LogP contribution is -2.32. The zero-order chi connectivity index (χ0) is 15.6. The van der Waals surface area contributed by atoms with Crippen molar-refractivity contribution in [2.45, 2.75) is 31.7 Å². The number of carbonyl (C=O) groups excluding carboxylic acids is 1. The number of amides is 1. The Morgan fingerprint density at radius 3 is 3.13 bits per heavy atom. The van der Waals surface area contributed by atoms with Crippen molar-refractivity contribution >= 4 is 11.7 Å². The zero-order valence-electron chi connectivity index (χ0n) is 12.6. The quantitative estimate of drug-likeness (QED) is 0.801. The molecule has 4 rings (SSSR count). The second kappa shape index (κ2) is 5.79. The van der Waals surface area contributed by atoms with Gasteiger partial charge in [-0.1, -0.05) is 24.3 Å². The van der Waals surface area contributed by atoms with Gasteiger partial charge >= 0.3 is 0 Å². The summed E-state index contributed by atoms with van der Waals surface area (Å²) in [7, 11) is 0. The normalized spacial score (nSPS) is 17.0. The molecule has 0 radical (unpaired) electrons. The fraction of sp³-hybridized carbons (Fsp3) is 0.294. The van der Waals surface area contributed by atoms with Crippen LogP contribution in [-0.4, -0.2) is 25.5 Å². The van der Waals surface area contributed by atoms with E-state index in [4.69, 9.17) is 0 Å². The van der Waals surface area contributed by atoms with E-state index >= 15 is 0 Å². The Morgan fingerprint density at radius 2 is 2.22 bits per heavy atom. The summed E-state index contributed by atoms with van der Waals surface area (Å²) in [5.74, 6) is 0.950. The number of nitrogens with one attached hydrogen (secondary N) is 1. The summed E-state index contributed by atoms with van der Waals surface area (Å²) in [6.45, 7) is 0. The molecule has 1 aliphatic rings. The van der Waals surface area contributed by atoms with Crippen LogP contribution in [0.4, 0.5) is 0 Å². The van der Waals surface area contributed by atoms with E-state index in [2.05, 4.69) is 38.6 Å². The second-order valence-corrected chi connectivity index (χ2v) is 5.78. The lowest BCUT2D eigenvalue weighted by atomic mass is 9.87. The van der Waals surface area contributed by atoms with Crippen LogP contribution in [-0.2, 0) is 17.6 Å². The van der Waals surface area contributed by atoms with E-state index < -0.39 is 0 Å². The van der Waals surface area contributed by atoms with Crippen molar-refractivity contribution in [2.24, 2.45) is 0 Å². The minimum atomic E-state index is -0.0531. The molecule has 0 saturated heterocycles. The molecule has 0 fully saturated rings. The molecule has 0 unspecified atom stereocenters. The Hall–Kier alpha value is -2.76. The highest BCUT2D eigenvalue weighted by Gasteiger charge is 2.22. The van der Waals surface area contributed by atoms with Gasteiger partial charge in [0.15, 0.2) is 5.82 Å². The zero-order valence-corrected chi connectivity index (χ0v) is 12.6. The number of hydrogen-bond donors (Lipinski definition) is 1. The Labute approximate surface area is 133 Å². The highest BCUT2D eigenvalue weighted by atomic mass is 16.1. The van der Waals surface area contributed by atoms with Gasteiger partial charge in [-0.2, -0.15) is 4.98 Å². The molecule has 1 aliphatic carbocycles. The molecule has 0 saturated carbocycles. The molecule has 2 heterocycles. The van der Waals surface area contributed by atoms with Gasteiger partial charge in [-0.15, -0.1) is 5.10 Å². The van der Waals surface area contributed by atoms with Crippen molar-refractivity contribution in [3.05, 3.63) is 59.7 Å². The third-order valence-electron chi connectivity index (χ3n) is 4.18. The van der Waals surface area contributed by atoms with Crippen molar-refractivity contribution in [3.8, 4) is 0 Å². The number of nitrogens with zero attached hydrogens (tertiary/aromatic N) is 4. The van der Waals surface area contributed by atoms with Crippen molar-refractivity contribution in [1.82, 2.24) is 24.9 Å². The molecule has 1 amide bonds. The van der Waals surface area contributed by atoms with Crippen LogP contribution in [0.3, 0.4) is 0 Å².